The Morgan fingerprint density at radius 3 is 2.56 bits per heavy atom. The Hall–Kier alpha value is -1.16. The molecule has 0 saturated carbocycles. The lowest BCUT2D eigenvalue weighted by molar-refractivity contribution is -0.142. The molecule has 0 aliphatic rings. The molecule has 1 heterocycles. The van der Waals surface area contributed by atoms with E-state index in [-0.39, 0.29) is 0 Å². The molecule has 0 spiro atoms. The molecule has 1 unspecified atom stereocenters. The molecule has 0 radical (unpaired) electrons. The van der Waals surface area contributed by atoms with E-state index >= 15 is 0 Å². The zero-order valence-electron chi connectivity index (χ0n) is 9.35. The minimum Gasteiger partial charge on any atom is -0.481 e. The van der Waals surface area contributed by atoms with Gasteiger partial charge in [-0.15, -0.1) is 0 Å². The van der Waals surface area contributed by atoms with Crippen LogP contribution >= 0.6 is 11.6 Å². The third-order valence-electron chi connectivity index (χ3n) is 2.23. The van der Waals surface area contributed by atoms with E-state index in [2.05, 4.69) is 9.97 Å². The summed E-state index contributed by atoms with van der Waals surface area (Å²) >= 11 is 5.61. The Bertz CT molecular complexity index is 352. The molecule has 1 aromatic rings. The van der Waals surface area contributed by atoms with Crippen molar-refractivity contribution >= 4 is 17.6 Å². The molecule has 0 amide bonds. The van der Waals surface area contributed by atoms with Gasteiger partial charge in [-0.05, 0) is 12.3 Å². The van der Waals surface area contributed by atoms with Gasteiger partial charge in [0.15, 0.2) is 0 Å². The monoisotopic (exact) mass is 242 g/mol. The third-order valence-corrected chi connectivity index (χ3v) is 2.43. The average Bonchev–Trinajstić information content (AvgIpc) is 2.19. The molecular weight excluding hydrogens is 228 g/mol. The van der Waals surface area contributed by atoms with E-state index in [9.17, 15) is 4.79 Å². The summed E-state index contributed by atoms with van der Waals surface area (Å²) in [4.78, 5) is 19.0. The van der Waals surface area contributed by atoms with Gasteiger partial charge in [-0.1, -0.05) is 25.4 Å². The van der Waals surface area contributed by atoms with Crippen LogP contribution in [0.3, 0.4) is 0 Å². The van der Waals surface area contributed by atoms with E-state index in [1.54, 1.807) is 0 Å². The molecule has 1 aromatic heterocycles. The van der Waals surface area contributed by atoms with Crippen LogP contribution in [0.15, 0.2) is 12.4 Å². The standard InChI is InChI=1S/C11H15ClN2O2/c1-7(2)3-8(11(15)16)4-9-5-14-10(12)6-13-9/h5-8H,3-4H2,1-2H3,(H,15,16). The number of carboxylic acid groups (broad SMARTS) is 1. The van der Waals surface area contributed by atoms with Crippen LogP contribution in [0.2, 0.25) is 5.15 Å². The lowest BCUT2D eigenvalue weighted by Crippen LogP contribution is -2.19. The van der Waals surface area contributed by atoms with Crippen molar-refractivity contribution in [2.45, 2.75) is 26.7 Å². The van der Waals surface area contributed by atoms with Gasteiger partial charge in [0.1, 0.15) is 5.15 Å². The summed E-state index contributed by atoms with van der Waals surface area (Å²) in [5.41, 5.74) is 0.664. The number of rotatable bonds is 5. The van der Waals surface area contributed by atoms with E-state index in [0.29, 0.717) is 29.6 Å². The van der Waals surface area contributed by atoms with Gasteiger partial charge in [-0.3, -0.25) is 9.78 Å². The zero-order valence-corrected chi connectivity index (χ0v) is 10.1. The van der Waals surface area contributed by atoms with Crippen molar-refractivity contribution in [3.63, 3.8) is 0 Å². The second kappa shape index (κ2) is 5.80. The van der Waals surface area contributed by atoms with E-state index in [1.807, 2.05) is 13.8 Å². The van der Waals surface area contributed by atoms with Crippen molar-refractivity contribution in [1.82, 2.24) is 9.97 Å². The first-order valence-corrected chi connectivity index (χ1v) is 5.56. The number of carbonyl (C=O) groups is 1. The van der Waals surface area contributed by atoms with Gasteiger partial charge in [0.05, 0.1) is 24.0 Å². The summed E-state index contributed by atoms with van der Waals surface area (Å²) < 4.78 is 0. The topological polar surface area (TPSA) is 63.1 Å². The van der Waals surface area contributed by atoms with Crippen LogP contribution in [0.1, 0.15) is 26.0 Å². The fourth-order valence-electron chi connectivity index (χ4n) is 1.54. The molecule has 5 heteroatoms. The highest BCUT2D eigenvalue weighted by atomic mass is 35.5. The van der Waals surface area contributed by atoms with E-state index in [1.165, 1.54) is 12.4 Å². The largest absolute Gasteiger partial charge is 0.481 e. The minimum atomic E-state index is -0.787. The van der Waals surface area contributed by atoms with Crippen LogP contribution < -0.4 is 0 Å². The predicted octanol–water partition coefficient (Wildman–Crippen LogP) is 2.42. The van der Waals surface area contributed by atoms with Crippen LogP contribution in [-0.4, -0.2) is 21.0 Å². The second-order valence-electron chi connectivity index (χ2n) is 4.20. The molecule has 4 nitrogen and oxygen atoms in total. The number of carboxylic acids is 1. The molecule has 1 N–H and O–H groups in total. The summed E-state index contributed by atoms with van der Waals surface area (Å²) in [7, 11) is 0. The van der Waals surface area contributed by atoms with E-state index in [4.69, 9.17) is 16.7 Å². The van der Waals surface area contributed by atoms with Crippen molar-refractivity contribution in [2.24, 2.45) is 11.8 Å². The van der Waals surface area contributed by atoms with Crippen LogP contribution in [0.25, 0.3) is 0 Å². The lowest BCUT2D eigenvalue weighted by atomic mass is 9.93. The van der Waals surface area contributed by atoms with Gasteiger partial charge in [0.25, 0.3) is 0 Å². The van der Waals surface area contributed by atoms with Crippen LogP contribution in [0, 0.1) is 11.8 Å². The maximum Gasteiger partial charge on any atom is 0.306 e. The summed E-state index contributed by atoms with van der Waals surface area (Å²) in [6.07, 6.45) is 4.00. The molecule has 0 aliphatic carbocycles. The quantitative estimate of drug-likeness (QED) is 0.861. The second-order valence-corrected chi connectivity index (χ2v) is 4.59. The zero-order chi connectivity index (χ0) is 12.1. The van der Waals surface area contributed by atoms with Gasteiger partial charge in [-0.25, -0.2) is 4.98 Å². The first kappa shape index (κ1) is 12.9. The first-order valence-electron chi connectivity index (χ1n) is 5.18. The molecule has 1 atom stereocenters. The number of aromatic nitrogens is 2. The molecule has 0 aromatic carbocycles. The fourth-order valence-corrected chi connectivity index (χ4v) is 1.63. The molecular formula is C11H15ClN2O2. The third kappa shape index (κ3) is 4.14. The summed E-state index contributed by atoms with van der Waals surface area (Å²) in [6.45, 7) is 4.01. The van der Waals surface area contributed by atoms with E-state index in [0.717, 1.165) is 0 Å². The van der Waals surface area contributed by atoms with Crippen LogP contribution in [-0.2, 0) is 11.2 Å². The molecule has 0 saturated heterocycles. The van der Waals surface area contributed by atoms with Gasteiger partial charge in [0.2, 0.25) is 0 Å². The maximum atomic E-state index is 11.0. The number of nitrogens with zero attached hydrogens (tertiary/aromatic N) is 2. The Morgan fingerprint density at radius 2 is 2.12 bits per heavy atom. The first-order chi connectivity index (χ1) is 7.49. The highest BCUT2D eigenvalue weighted by molar-refractivity contribution is 6.29. The summed E-state index contributed by atoms with van der Waals surface area (Å²) in [5.74, 6) is -0.845. The smallest absolute Gasteiger partial charge is 0.306 e. The number of hydrogen-bond acceptors (Lipinski definition) is 3. The normalized spacial score (nSPS) is 12.8. The Morgan fingerprint density at radius 1 is 1.44 bits per heavy atom. The van der Waals surface area contributed by atoms with Crippen molar-refractivity contribution in [3.8, 4) is 0 Å². The highest BCUT2D eigenvalue weighted by Crippen LogP contribution is 2.16. The number of hydrogen-bond donors (Lipinski definition) is 1. The molecule has 88 valence electrons. The van der Waals surface area contributed by atoms with Crippen molar-refractivity contribution < 1.29 is 9.90 Å². The van der Waals surface area contributed by atoms with E-state index < -0.39 is 11.9 Å². The Labute approximate surface area is 99.7 Å². The van der Waals surface area contributed by atoms with Gasteiger partial charge < -0.3 is 5.11 Å². The molecule has 0 bridgehead atoms. The van der Waals surface area contributed by atoms with Crippen molar-refractivity contribution in [2.75, 3.05) is 0 Å². The molecule has 0 fully saturated rings. The number of aliphatic carboxylic acids is 1. The summed E-state index contributed by atoms with van der Waals surface area (Å²) in [6, 6.07) is 0. The Balaban J connectivity index is 2.68. The summed E-state index contributed by atoms with van der Waals surface area (Å²) in [5, 5.41) is 9.38. The lowest BCUT2D eigenvalue weighted by Gasteiger charge is -2.13. The van der Waals surface area contributed by atoms with Gasteiger partial charge in [-0.2, -0.15) is 0 Å². The molecule has 16 heavy (non-hydrogen) atoms. The Kier molecular flexibility index (Phi) is 4.68. The fraction of sp³-hybridized carbons (Fsp3) is 0.545. The minimum absolute atomic E-state index is 0.319. The molecule has 1 rings (SSSR count). The predicted molar refractivity (Wildman–Crippen MR) is 61.3 cm³/mol. The van der Waals surface area contributed by atoms with Crippen molar-refractivity contribution in [1.29, 1.82) is 0 Å². The SMILES string of the molecule is CC(C)CC(Cc1cnc(Cl)cn1)C(=O)O. The van der Waals surface area contributed by atoms with Gasteiger partial charge >= 0.3 is 5.97 Å². The van der Waals surface area contributed by atoms with Crippen molar-refractivity contribution in [3.05, 3.63) is 23.2 Å². The average molecular weight is 243 g/mol. The van der Waals surface area contributed by atoms with Gasteiger partial charge in [0, 0.05) is 6.42 Å². The highest BCUT2D eigenvalue weighted by Gasteiger charge is 2.20. The van der Waals surface area contributed by atoms with Crippen LogP contribution in [0.5, 0.6) is 0 Å². The number of halogens is 1. The molecule has 0 aliphatic heterocycles. The van der Waals surface area contributed by atoms with Crippen LogP contribution in [0.4, 0.5) is 0 Å². The maximum absolute atomic E-state index is 11.0.